The van der Waals surface area contributed by atoms with Gasteiger partial charge in [0.2, 0.25) is 10.0 Å². The third kappa shape index (κ3) is 3.91. The SMILES string of the molecule is NCCS(=O)(=O)N1CCC(NC(=O)c2cc(C3CC3)on2)CC1. The molecule has 1 aliphatic carbocycles. The quantitative estimate of drug-likeness (QED) is 0.753. The monoisotopic (exact) mass is 342 g/mol. The number of aromatic nitrogens is 1. The zero-order valence-corrected chi connectivity index (χ0v) is 13.7. The van der Waals surface area contributed by atoms with Crippen molar-refractivity contribution in [1.82, 2.24) is 14.8 Å². The highest BCUT2D eigenvalue weighted by Gasteiger charge is 2.31. The summed E-state index contributed by atoms with van der Waals surface area (Å²) in [4.78, 5) is 12.2. The minimum atomic E-state index is -3.27. The zero-order chi connectivity index (χ0) is 16.4. The second-order valence-corrected chi connectivity index (χ2v) is 8.23. The summed E-state index contributed by atoms with van der Waals surface area (Å²) in [6.45, 7) is 0.924. The van der Waals surface area contributed by atoms with Crippen LogP contribution in [0.25, 0.3) is 0 Å². The number of piperidine rings is 1. The number of rotatable bonds is 6. The Hall–Kier alpha value is -1.45. The highest BCUT2D eigenvalue weighted by molar-refractivity contribution is 7.89. The Labute approximate surface area is 135 Å². The first-order valence-electron chi connectivity index (χ1n) is 7.95. The predicted molar refractivity (Wildman–Crippen MR) is 83.4 cm³/mol. The molecule has 3 N–H and O–H groups in total. The van der Waals surface area contributed by atoms with Crippen LogP contribution in [0, 0.1) is 0 Å². The minimum Gasteiger partial charge on any atom is -0.360 e. The molecule has 1 saturated carbocycles. The molecule has 2 heterocycles. The van der Waals surface area contributed by atoms with Gasteiger partial charge in [0.05, 0.1) is 5.75 Å². The van der Waals surface area contributed by atoms with Crippen molar-refractivity contribution in [1.29, 1.82) is 0 Å². The second kappa shape index (κ2) is 6.58. The van der Waals surface area contributed by atoms with Gasteiger partial charge >= 0.3 is 0 Å². The number of hydrogen-bond donors (Lipinski definition) is 2. The number of sulfonamides is 1. The van der Waals surface area contributed by atoms with Gasteiger partial charge in [0, 0.05) is 37.7 Å². The number of nitrogens with zero attached hydrogens (tertiary/aromatic N) is 2. The molecule has 128 valence electrons. The van der Waals surface area contributed by atoms with Crippen LogP contribution in [0.4, 0.5) is 0 Å². The topological polar surface area (TPSA) is 119 Å². The fourth-order valence-corrected chi connectivity index (χ4v) is 4.10. The Morgan fingerprint density at radius 1 is 1.35 bits per heavy atom. The van der Waals surface area contributed by atoms with E-state index in [4.69, 9.17) is 10.3 Å². The van der Waals surface area contributed by atoms with E-state index in [1.165, 1.54) is 4.31 Å². The fraction of sp³-hybridized carbons (Fsp3) is 0.714. The van der Waals surface area contributed by atoms with Crippen LogP contribution in [0.1, 0.15) is 47.8 Å². The van der Waals surface area contributed by atoms with E-state index in [1.807, 2.05) is 0 Å². The normalized spacial score (nSPS) is 20.6. The van der Waals surface area contributed by atoms with Crippen molar-refractivity contribution < 1.29 is 17.7 Å². The van der Waals surface area contributed by atoms with Crippen molar-refractivity contribution >= 4 is 15.9 Å². The lowest BCUT2D eigenvalue weighted by molar-refractivity contribution is 0.0914. The summed E-state index contributed by atoms with van der Waals surface area (Å²) in [6.07, 6.45) is 3.35. The van der Waals surface area contributed by atoms with Gasteiger partial charge in [-0.05, 0) is 25.7 Å². The van der Waals surface area contributed by atoms with Crippen molar-refractivity contribution in [3.05, 3.63) is 17.5 Å². The highest BCUT2D eigenvalue weighted by atomic mass is 32.2. The lowest BCUT2D eigenvalue weighted by atomic mass is 10.1. The number of carbonyl (C=O) groups is 1. The number of carbonyl (C=O) groups excluding carboxylic acids is 1. The maximum Gasteiger partial charge on any atom is 0.273 e. The van der Waals surface area contributed by atoms with Gasteiger partial charge in [-0.3, -0.25) is 4.79 Å². The highest BCUT2D eigenvalue weighted by Crippen LogP contribution is 2.40. The van der Waals surface area contributed by atoms with Crippen molar-refractivity contribution in [2.75, 3.05) is 25.4 Å². The molecule has 9 heteroatoms. The van der Waals surface area contributed by atoms with E-state index in [1.54, 1.807) is 6.07 Å². The molecule has 1 amide bonds. The fourth-order valence-electron chi connectivity index (χ4n) is 2.77. The Morgan fingerprint density at radius 3 is 2.65 bits per heavy atom. The average Bonchev–Trinajstić information content (AvgIpc) is 3.25. The van der Waals surface area contributed by atoms with Gasteiger partial charge in [-0.1, -0.05) is 5.16 Å². The summed E-state index contributed by atoms with van der Waals surface area (Å²) in [5, 5.41) is 6.72. The summed E-state index contributed by atoms with van der Waals surface area (Å²) in [5.74, 6) is 0.897. The van der Waals surface area contributed by atoms with Crippen molar-refractivity contribution in [3.63, 3.8) is 0 Å². The van der Waals surface area contributed by atoms with E-state index in [-0.39, 0.29) is 24.2 Å². The van der Waals surface area contributed by atoms with Crippen LogP contribution in [0.15, 0.2) is 10.6 Å². The Bertz CT molecular complexity index is 660. The van der Waals surface area contributed by atoms with Gasteiger partial charge in [-0.25, -0.2) is 12.7 Å². The molecule has 2 aliphatic rings. The molecule has 1 aliphatic heterocycles. The first-order valence-corrected chi connectivity index (χ1v) is 9.56. The summed E-state index contributed by atoms with van der Waals surface area (Å²) in [5.41, 5.74) is 5.62. The van der Waals surface area contributed by atoms with Gasteiger partial charge in [-0.2, -0.15) is 0 Å². The lowest BCUT2D eigenvalue weighted by Gasteiger charge is -2.31. The van der Waals surface area contributed by atoms with Crippen LogP contribution in [0.2, 0.25) is 0 Å². The minimum absolute atomic E-state index is 0.0348. The molecule has 1 aromatic heterocycles. The van der Waals surface area contributed by atoms with Crippen LogP contribution in [0.3, 0.4) is 0 Å². The smallest absolute Gasteiger partial charge is 0.273 e. The van der Waals surface area contributed by atoms with Gasteiger partial charge in [-0.15, -0.1) is 0 Å². The first kappa shape index (κ1) is 16.4. The molecule has 2 fully saturated rings. The van der Waals surface area contributed by atoms with Crippen molar-refractivity contribution in [3.8, 4) is 0 Å². The lowest BCUT2D eigenvalue weighted by Crippen LogP contribution is -2.47. The van der Waals surface area contributed by atoms with Gasteiger partial charge in [0.1, 0.15) is 5.76 Å². The Morgan fingerprint density at radius 2 is 2.04 bits per heavy atom. The second-order valence-electron chi connectivity index (χ2n) is 6.14. The van der Waals surface area contributed by atoms with Crippen LogP contribution >= 0.6 is 0 Å². The maximum absolute atomic E-state index is 12.2. The summed E-state index contributed by atoms with van der Waals surface area (Å²) in [7, 11) is -3.27. The number of hydrogen-bond acceptors (Lipinski definition) is 6. The molecule has 3 rings (SSSR count). The standard InChI is InChI=1S/C14H22N4O4S/c15-5-8-23(20,21)18-6-3-11(4-7-18)16-14(19)12-9-13(22-17-12)10-1-2-10/h9-11H,1-8,15H2,(H,16,19). The molecule has 0 unspecified atom stereocenters. The van der Waals surface area contributed by atoms with Crippen LogP contribution in [0.5, 0.6) is 0 Å². The zero-order valence-electron chi connectivity index (χ0n) is 12.9. The predicted octanol–water partition coefficient (Wildman–Crippen LogP) is 0.0347. The van der Waals surface area contributed by atoms with Crippen LogP contribution in [-0.2, 0) is 10.0 Å². The number of nitrogens with two attached hydrogens (primary N) is 1. The molecule has 0 radical (unpaired) electrons. The largest absolute Gasteiger partial charge is 0.360 e. The van der Waals surface area contributed by atoms with Gasteiger partial charge < -0.3 is 15.6 Å². The van der Waals surface area contributed by atoms with E-state index in [9.17, 15) is 13.2 Å². The number of nitrogens with one attached hydrogen (secondary N) is 1. The van der Waals surface area contributed by atoms with E-state index < -0.39 is 10.0 Å². The molecule has 0 spiro atoms. The molecule has 0 atom stereocenters. The summed E-state index contributed by atoms with van der Waals surface area (Å²) in [6, 6.07) is 1.65. The summed E-state index contributed by atoms with van der Waals surface area (Å²) >= 11 is 0. The van der Waals surface area contributed by atoms with E-state index in [2.05, 4.69) is 10.5 Å². The first-order chi connectivity index (χ1) is 11.0. The third-order valence-corrected chi connectivity index (χ3v) is 6.20. The van der Waals surface area contributed by atoms with E-state index in [0.717, 1.165) is 18.6 Å². The van der Waals surface area contributed by atoms with Gasteiger partial charge in [0.15, 0.2) is 5.69 Å². The maximum atomic E-state index is 12.2. The molecule has 23 heavy (non-hydrogen) atoms. The Balaban J connectivity index is 1.50. The molecule has 1 saturated heterocycles. The van der Waals surface area contributed by atoms with E-state index >= 15 is 0 Å². The molecule has 0 bridgehead atoms. The van der Waals surface area contributed by atoms with Crippen molar-refractivity contribution in [2.24, 2.45) is 5.73 Å². The molecular formula is C14H22N4O4S. The van der Waals surface area contributed by atoms with E-state index in [0.29, 0.717) is 37.5 Å². The average molecular weight is 342 g/mol. The molecule has 8 nitrogen and oxygen atoms in total. The Kier molecular flexibility index (Phi) is 4.69. The molecule has 0 aromatic carbocycles. The van der Waals surface area contributed by atoms with Crippen LogP contribution in [-0.4, -0.2) is 55.2 Å². The van der Waals surface area contributed by atoms with Crippen LogP contribution < -0.4 is 11.1 Å². The number of amides is 1. The van der Waals surface area contributed by atoms with Crippen molar-refractivity contribution in [2.45, 2.75) is 37.6 Å². The van der Waals surface area contributed by atoms with Gasteiger partial charge in [0.25, 0.3) is 5.91 Å². The summed E-state index contributed by atoms with van der Waals surface area (Å²) < 4.78 is 30.5. The third-order valence-electron chi connectivity index (χ3n) is 4.30. The molecule has 1 aromatic rings. The molecular weight excluding hydrogens is 320 g/mol.